The van der Waals surface area contributed by atoms with Crippen LogP contribution in [0.15, 0.2) is 62.6 Å². The predicted octanol–water partition coefficient (Wildman–Crippen LogP) is -0.383. The first-order chi connectivity index (χ1) is 14.2. The molecule has 8 nitrogen and oxygen atoms in total. The maximum atomic E-state index is 12.9. The van der Waals surface area contributed by atoms with Gasteiger partial charge in [0.25, 0.3) is 0 Å². The Labute approximate surface area is 169 Å². The van der Waals surface area contributed by atoms with Crippen LogP contribution in [0.5, 0.6) is 0 Å². The van der Waals surface area contributed by atoms with Gasteiger partial charge >= 0.3 is 0 Å². The molecule has 0 amide bonds. The number of hydrogen-bond donors (Lipinski definition) is 0. The molecule has 0 saturated carbocycles. The zero-order valence-electron chi connectivity index (χ0n) is 14.4. The molecule has 0 unspecified atom stereocenters. The van der Waals surface area contributed by atoms with Gasteiger partial charge in [0.15, 0.2) is 21.7 Å². The van der Waals surface area contributed by atoms with Crippen molar-refractivity contribution >= 4 is 63.0 Å². The van der Waals surface area contributed by atoms with E-state index in [0.717, 1.165) is 24.3 Å². The largest absolute Gasteiger partial charge is 0.289 e. The van der Waals surface area contributed by atoms with Crippen molar-refractivity contribution in [2.24, 2.45) is 0 Å². The lowest BCUT2D eigenvalue weighted by molar-refractivity contribution is 1.57. The van der Waals surface area contributed by atoms with Crippen LogP contribution in [0.3, 0.4) is 0 Å². The van der Waals surface area contributed by atoms with E-state index in [9.17, 15) is 38.4 Å². The molecule has 0 bridgehead atoms. The fourth-order valence-electron chi connectivity index (χ4n) is 3.47. The van der Waals surface area contributed by atoms with Crippen molar-refractivity contribution in [3.05, 3.63) is 106 Å². The van der Waals surface area contributed by atoms with Gasteiger partial charge in [0, 0.05) is 0 Å². The molecule has 30 heavy (non-hydrogen) atoms. The fraction of sp³-hybridized carbons (Fsp3) is 0. The van der Waals surface area contributed by atoms with Crippen molar-refractivity contribution in [1.29, 1.82) is 0 Å². The molecule has 5 aromatic rings. The SMILES string of the molecule is O=c1ccc(=O)c2c(=O)c3sc4c(=O)c5c(=O)ccc(=O)c5c(=O)c4sc3c(=O)c12. The quantitative estimate of drug-likeness (QED) is 0.300. The molecule has 0 saturated heterocycles. The Morgan fingerprint density at radius 3 is 0.767 bits per heavy atom. The first kappa shape index (κ1) is 18.3. The molecule has 0 spiro atoms. The Balaban J connectivity index is 2.23. The zero-order valence-corrected chi connectivity index (χ0v) is 16.0. The fourth-order valence-corrected chi connectivity index (χ4v) is 5.90. The molecule has 0 fully saturated rings. The predicted molar refractivity (Wildman–Crippen MR) is 116 cm³/mol. The molecule has 10 heteroatoms. The lowest BCUT2D eigenvalue weighted by Crippen LogP contribution is -2.26. The Morgan fingerprint density at radius 1 is 0.367 bits per heavy atom. The summed E-state index contributed by atoms with van der Waals surface area (Å²) in [6.07, 6.45) is 0. The summed E-state index contributed by atoms with van der Waals surface area (Å²) < 4.78 is -1.08. The van der Waals surface area contributed by atoms with Crippen molar-refractivity contribution < 1.29 is 0 Å². The van der Waals surface area contributed by atoms with Gasteiger partial charge in [0.05, 0.1) is 40.3 Å². The third-order valence-electron chi connectivity index (χ3n) is 4.81. The van der Waals surface area contributed by atoms with Gasteiger partial charge in [-0.15, -0.1) is 22.7 Å². The number of benzene rings is 4. The minimum absolute atomic E-state index is 0.269. The molecule has 0 atom stereocenters. The third-order valence-corrected chi connectivity index (χ3v) is 7.44. The average Bonchev–Trinajstić information content (AvgIpc) is 2.72. The maximum Gasteiger partial charge on any atom is 0.209 e. The van der Waals surface area contributed by atoms with Crippen molar-refractivity contribution in [3.63, 3.8) is 0 Å². The van der Waals surface area contributed by atoms with Gasteiger partial charge in [0.2, 0.25) is 21.7 Å². The van der Waals surface area contributed by atoms with Crippen LogP contribution in [-0.4, -0.2) is 0 Å². The van der Waals surface area contributed by atoms with Crippen LogP contribution in [0.4, 0.5) is 0 Å². The van der Waals surface area contributed by atoms with Crippen LogP contribution in [0.25, 0.3) is 40.3 Å². The molecule has 0 radical (unpaired) electrons. The van der Waals surface area contributed by atoms with E-state index in [1.807, 2.05) is 0 Å². The second-order valence-corrected chi connectivity index (χ2v) is 8.50. The van der Waals surface area contributed by atoms with Crippen LogP contribution < -0.4 is 43.4 Å². The van der Waals surface area contributed by atoms with Crippen molar-refractivity contribution in [3.8, 4) is 0 Å². The van der Waals surface area contributed by atoms with E-state index in [1.54, 1.807) is 0 Å². The van der Waals surface area contributed by atoms with Gasteiger partial charge in [-0.05, 0) is 24.3 Å². The summed E-state index contributed by atoms with van der Waals surface area (Å²) in [6.45, 7) is 0. The van der Waals surface area contributed by atoms with Gasteiger partial charge in [-0.2, -0.15) is 0 Å². The van der Waals surface area contributed by atoms with E-state index in [1.165, 1.54) is 0 Å². The molecular formula is C20H4O8S2. The smallest absolute Gasteiger partial charge is 0.209 e. The molecular weight excluding hydrogens is 432 g/mol. The zero-order chi connectivity index (χ0) is 21.5. The van der Waals surface area contributed by atoms with Gasteiger partial charge < -0.3 is 0 Å². The lowest BCUT2D eigenvalue weighted by Gasteiger charge is -2.02. The highest BCUT2D eigenvalue weighted by Gasteiger charge is 2.22. The summed E-state index contributed by atoms with van der Waals surface area (Å²) in [7, 11) is 0. The normalized spacial score (nSPS) is 11.7. The summed E-state index contributed by atoms with van der Waals surface area (Å²) in [4.78, 5) is 100. The van der Waals surface area contributed by atoms with Gasteiger partial charge in [-0.25, -0.2) is 0 Å². The Morgan fingerprint density at radius 2 is 0.567 bits per heavy atom. The number of rotatable bonds is 0. The Hall–Kier alpha value is -3.76. The van der Waals surface area contributed by atoms with Crippen LogP contribution in [0.2, 0.25) is 0 Å². The van der Waals surface area contributed by atoms with E-state index in [4.69, 9.17) is 0 Å². The molecule has 0 aliphatic heterocycles. The lowest BCUT2D eigenvalue weighted by atomic mass is 10.1. The highest BCUT2D eigenvalue weighted by molar-refractivity contribution is 7.36. The summed E-state index contributed by atoms with van der Waals surface area (Å²) in [5.41, 5.74) is -6.87. The van der Waals surface area contributed by atoms with Gasteiger partial charge in [-0.1, -0.05) is 0 Å². The first-order valence-electron chi connectivity index (χ1n) is 8.27. The molecule has 4 aromatic carbocycles. The van der Waals surface area contributed by atoms with Gasteiger partial charge in [0.1, 0.15) is 0 Å². The summed E-state index contributed by atoms with van der Waals surface area (Å²) in [5.74, 6) is 0. The average molecular weight is 436 g/mol. The van der Waals surface area contributed by atoms with E-state index in [0.29, 0.717) is 22.7 Å². The minimum atomic E-state index is -0.905. The highest BCUT2D eigenvalue weighted by atomic mass is 32.1. The number of hydrogen-bond acceptors (Lipinski definition) is 10. The summed E-state index contributed by atoms with van der Waals surface area (Å²) in [5, 5.41) is -2.32. The molecule has 1 heterocycles. The second-order valence-electron chi connectivity index (χ2n) is 6.46. The first-order valence-corrected chi connectivity index (χ1v) is 9.90. The topological polar surface area (TPSA) is 137 Å². The van der Waals surface area contributed by atoms with Crippen molar-refractivity contribution in [1.82, 2.24) is 0 Å². The molecule has 0 aliphatic rings. The van der Waals surface area contributed by atoms with E-state index >= 15 is 0 Å². The standard InChI is InChI=1S/C20H4O8S2/c21-5-1-2-6(22)10-9(5)13(25)17-18(14(10)26)30-20-16(28)12-8(24)4-3-7(23)11(12)15(27)19(20)29-17/h1-4H. The van der Waals surface area contributed by atoms with Crippen LogP contribution in [-0.2, 0) is 0 Å². The van der Waals surface area contributed by atoms with Crippen LogP contribution >= 0.6 is 22.7 Å². The van der Waals surface area contributed by atoms with Crippen molar-refractivity contribution in [2.45, 2.75) is 0 Å². The summed E-state index contributed by atoms with van der Waals surface area (Å²) in [6, 6.07) is 3.53. The summed E-state index contributed by atoms with van der Waals surface area (Å²) >= 11 is 0.990. The van der Waals surface area contributed by atoms with Crippen molar-refractivity contribution in [2.75, 3.05) is 0 Å². The monoisotopic (exact) mass is 436 g/mol. The van der Waals surface area contributed by atoms with E-state index in [2.05, 4.69) is 0 Å². The highest BCUT2D eigenvalue weighted by Crippen LogP contribution is 2.27. The molecule has 0 N–H and O–H groups in total. The molecule has 5 rings (SSSR count). The van der Waals surface area contributed by atoms with Crippen LogP contribution in [0.1, 0.15) is 0 Å². The Bertz CT molecular complexity index is 1770. The van der Waals surface area contributed by atoms with Gasteiger partial charge in [-0.3, -0.25) is 38.4 Å². The third kappa shape index (κ3) is 2.14. The molecule has 0 aliphatic carbocycles. The van der Waals surface area contributed by atoms with E-state index < -0.39 is 65.0 Å². The minimum Gasteiger partial charge on any atom is -0.289 e. The molecule has 144 valence electrons. The maximum absolute atomic E-state index is 12.9. The molecule has 1 aromatic heterocycles. The Kier molecular flexibility index (Phi) is 3.58. The van der Waals surface area contributed by atoms with Crippen LogP contribution in [0, 0.1) is 0 Å². The van der Waals surface area contributed by atoms with E-state index in [-0.39, 0.29) is 18.8 Å². The number of fused-ring (bicyclic) bond motifs is 4. The second kappa shape index (κ2) is 5.88.